The number of aliphatic hydroxyl groups is 2. The van der Waals surface area contributed by atoms with Gasteiger partial charge < -0.3 is 20.1 Å². The molecule has 0 aliphatic heterocycles. The third-order valence-electron chi connectivity index (χ3n) is 5.19. The number of carboxylic acids is 1. The first kappa shape index (κ1) is 26.6. The van der Waals surface area contributed by atoms with Gasteiger partial charge in [0.2, 0.25) is 0 Å². The number of carbonyl (C=O) groups excluding carboxylic acids is 1. The van der Waals surface area contributed by atoms with Crippen molar-refractivity contribution in [1.82, 2.24) is 20.2 Å². The lowest BCUT2D eigenvalue weighted by molar-refractivity contribution is -0.307. The molecular weight excluding hydrogens is 470 g/mol. The van der Waals surface area contributed by atoms with Gasteiger partial charge in [0, 0.05) is 30.0 Å². The summed E-state index contributed by atoms with van der Waals surface area (Å²) in [5.74, 6) is -1.94. The minimum absolute atomic E-state index is 0.129. The van der Waals surface area contributed by atoms with E-state index < -0.39 is 36.2 Å². The van der Waals surface area contributed by atoms with Gasteiger partial charge in [-0.05, 0) is 71.8 Å². The largest absolute Gasteiger partial charge is 0.550 e. The van der Waals surface area contributed by atoms with Crippen LogP contribution >= 0.6 is 0 Å². The lowest BCUT2D eigenvalue weighted by Gasteiger charge is -2.15. The lowest BCUT2D eigenvalue weighted by atomic mass is 9.92. The van der Waals surface area contributed by atoms with E-state index in [4.69, 9.17) is 0 Å². The van der Waals surface area contributed by atoms with E-state index in [0.717, 1.165) is 0 Å². The summed E-state index contributed by atoms with van der Waals surface area (Å²) in [6, 6.07) is 11.3. The van der Waals surface area contributed by atoms with Gasteiger partial charge in [0.15, 0.2) is 5.82 Å². The number of halogens is 2. The van der Waals surface area contributed by atoms with Crippen molar-refractivity contribution in [1.29, 1.82) is 0 Å². The van der Waals surface area contributed by atoms with E-state index in [9.17, 15) is 28.9 Å². The SMILES string of the molecule is CC(C)n1nnnc1C(C=C=C[C@@H](O)C[C@@H](O)CC(=O)[O-])=C(c1ccc(F)cc1)c1ccc(F)cc1. The molecule has 0 aliphatic rings. The molecule has 0 saturated carbocycles. The maximum Gasteiger partial charge on any atom is 0.183 e. The summed E-state index contributed by atoms with van der Waals surface area (Å²) in [6.45, 7) is 3.77. The minimum Gasteiger partial charge on any atom is -0.550 e. The summed E-state index contributed by atoms with van der Waals surface area (Å²) < 4.78 is 29.0. The number of allylic oxidation sites excluding steroid dienone is 1. The topological polar surface area (TPSA) is 124 Å². The van der Waals surface area contributed by atoms with E-state index >= 15 is 0 Å². The van der Waals surface area contributed by atoms with Crippen LogP contribution in [0.2, 0.25) is 0 Å². The number of rotatable bonds is 10. The van der Waals surface area contributed by atoms with E-state index in [1.54, 1.807) is 28.9 Å². The molecule has 1 aromatic heterocycles. The molecule has 0 radical (unpaired) electrons. The Hall–Kier alpha value is -3.98. The van der Waals surface area contributed by atoms with Crippen LogP contribution in [0.15, 0.2) is 66.4 Å². The number of hydrogen-bond acceptors (Lipinski definition) is 7. The Kier molecular flexibility index (Phi) is 8.97. The van der Waals surface area contributed by atoms with Crippen LogP contribution in [0, 0.1) is 11.6 Å². The zero-order valence-electron chi connectivity index (χ0n) is 19.7. The highest BCUT2D eigenvalue weighted by Gasteiger charge is 2.19. The molecule has 0 saturated heterocycles. The van der Waals surface area contributed by atoms with Crippen molar-refractivity contribution in [2.75, 3.05) is 0 Å². The van der Waals surface area contributed by atoms with Crippen LogP contribution in [0.5, 0.6) is 0 Å². The predicted octanol–water partition coefficient (Wildman–Crippen LogP) is 2.45. The number of hydrogen-bond donors (Lipinski definition) is 2. The maximum atomic E-state index is 13.7. The predicted molar refractivity (Wildman–Crippen MR) is 126 cm³/mol. The summed E-state index contributed by atoms with van der Waals surface area (Å²) in [4.78, 5) is 10.6. The first-order chi connectivity index (χ1) is 17.2. The normalized spacial score (nSPS) is 12.5. The molecule has 0 fully saturated rings. The molecule has 0 spiro atoms. The Morgan fingerprint density at radius 2 is 1.61 bits per heavy atom. The molecule has 0 aliphatic carbocycles. The average molecular weight is 496 g/mol. The fourth-order valence-corrected chi connectivity index (χ4v) is 3.54. The van der Waals surface area contributed by atoms with Crippen LogP contribution in [0.3, 0.4) is 0 Å². The van der Waals surface area contributed by atoms with Gasteiger partial charge in [0.05, 0.1) is 18.2 Å². The molecule has 0 bridgehead atoms. The Labute approximate surface area is 206 Å². The van der Waals surface area contributed by atoms with Gasteiger partial charge >= 0.3 is 0 Å². The monoisotopic (exact) mass is 495 g/mol. The number of tetrazole rings is 1. The second kappa shape index (κ2) is 12.1. The van der Waals surface area contributed by atoms with E-state index in [-0.39, 0.29) is 12.5 Å². The summed E-state index contributed by atoms with van der Waals surface area (Å²) in [5.41, 5.74) is 5.05. The van der Waals surface area contributed by atoms with Crippen LogP contribution in [-0.2, 0) is 4.79 Å². The van der Waals surface area contributed by atoms with Crippen LogP contribution in [0.1, 0.15) is 49.7 Å². The van der Waals surface area contributed by atoms with Crippen molar-refractivity contribution < 1.29 is 28.9 Å². The van der Waals surface area contributed by atoms with Crippen molar-refractivity contribution >= 4 is 17.1 Å². The van der Waals surface area contributed by atoms with Crippen LogP contribution in [0.25, 0.3) is 11.1 Å². The lowest BCUT2D eigenvalue weighted by Crippen LogP contribution is -2.29. The average Bonchev–Trinajstić information content (AvgIpc) is 3.30. The number of benzene rings is 2. The van der Waals surface area contributed by atoms with Crippen LogP contribution < -0.4 is 5.11 Å². The van der Waals surface area contributed by atoms with Crippen molar-refractivity contribution in [3.8, 4) is 0 Å². The third-order valence-corrected chi connectivity index (χ3v) is 5.19. The highest BCUT2D eigenvalue weighted by molar-refractivity contribution is 6.00. The minimum atomic E-state index is -1.43. The maximum absolute atomic E-state index is 13.7. The first-order valence-corrected chi connectivity index (χ1v) is 11.2. The molecule has 36 heavy (non-hydrogen) atoms. The van der Waals surface area contributed by atoms with Gasteiger partial charge in [0.1, 0.15) is 11.6 Å². The molecule has 8 nitrogen and oxygen atoms in total. The van der Waals surface area contributed by atoms with Crippen molar-refractivity contribution in [3.05, 3.63) is 95.0 Å². The van der Waals surface area contributed by atoms with Gasteiger partial charge in [-0.25, -0.2) is 13.5 Å². The molecule has 0 unspecified atom stereocenters. The standard InChI is InChI=1S/C26H26F2N4O4/c1-16(2)32-26(29-30-31-32)23(5-3-4-21(33)14-22(34)15-24(35)36)25(17-6-10-19(27)11-7-17)18-8-12-20(28)13-9-18/h4-13,16,21-22,33-34H,14-15H2,1-2H3,(H,35,36)/p-1/t3?,21-,22-/m1/s1. The van der Waals surface area contributed by atoms with Gasteiger partial charge in [-0.1, -0.05) is 24.3 Å². The highest BCUT2D eigenvalue weighted by atomic mass is 19.1. The third kappa shape index (κ3) is 7.02. The molecule has 0 amide bonds. The van der Waals surface area contributed by atoms with Gasteiger partial charge in [-0.2, -0.15) is 0 Å². The van der Waals surface area contributed by atoms with Crippen LogP contribution in [0.4, 0.5) is 8.78 Å². The number of carboxylic acid groups (broad SMARTS) is 1. The van der Waals surface area contributed by atoms with Gasteiger partial charge in [-0.3, -0.25) is 0 Å². The molecule has 188 valence electrons. The Balaban J connectivity index is 2.19. The summed E-state index contributed by atoms with van der Waals surface area (Å²) in [7, 11) is 0. The van der Waals surface area contributed by atoms with Crippen molar-refractivity contribution in [2.45, 2.75) is 44.9 Å². The molecule has 2 atom stereocenters. The summed E-state index contributed by atoms with van der Waals surface area (Å²) >= 11 is 0. The van der Waals surface area contributed by atoms with Crippen molar-refractivity contribution in [2.24, 2.45) is 0 Å². The fourth-order valence-electron chi connectivity index (χ4n) is 3.54. The second-order valence-corrected chi connectivity index (χ2v) is 8.35. The Bertz CT molecular complexity index is 1230. The highest BCUT2D eigenvalue weighted by Crippen LogP contribution is 2.33. The summed E-state index contributed by atoms with van der Waals surface area (Å²) in [5, 5.41) is 42.6. The van der Waals surface area contributed by atoms with E-state index in [1.807, 2.05) is 13.8 Å². The van der Waals surface area contributed by atoms with Gasteiger partial charge in [0.25, 0.3) is 0 Å². The molecule has 2 aromatic carbocycles. The Morgan fingerprint density at radius 1 is 1.06 bits per heavy atom. The number of aromatic nitrogens is 4. The van der Waals surface area contributed by atoms with E-state index in [0.29, 0.717) is 28.1 Å². The smallest absolute Gasteiger partial charge is 0.183 e. The second-order valence-electron chi connectivity index (χ2n) is 8.35. The van der Waals surface area contributed by atoms with Gasteiger partial charge in [-0.15, -0.1) is 10.8 Å². The molecule has 10 heteroatoms. The zero-order chi connectivity index (χ0) is 26.2. The Morgan fingerprint density at radius 3 is 2.11 bits per heavy atom. The number of nitrogens with zero attached hydrogens (tertiary/aromatic N) is 4. The van der Waals surface area contributed by atoms with Crippen molar-refractivity contribution in [3.63, 3.8) is 0 Å². The summed E-state index contributed by atoms with van der Waals surface area (Å²) in [6.07, 6.45) is -0.559. The molecule has 3 aromatic rings. The number of aliphatic hydroxyl groups excluding tert-OH is 2. The number of aliphatic carboxylic acids is 1. The van der Waals surface area contributed by atoms with Crippen LogP contribution in [-0.4, -0.2) is 48.6 Å². The quantitative estimate of drug-likeness (QED) is 0.327. The first-order valence-electron chi connectivity index (χ1n) is 11.2. The molecule has 1 heterocycles. The molecular formula is C26H25F2N4O4-. The molecule has 3 rings (SSSR count). The fraction of sp³-hybridized carbons (Fsp3) is 0.269. The van der Waals surface area contributed by atoms with E-state index in [2.05, 4.69) is 21.3 Å². The van der Waals surface area contributed by atoms with E-state index in [1.165, 1.54) is 36.4 Å². The number of carbonyl (C=O) groups is 1. The molecule has 2 N–H and O–H groups in total. The zero-order valence-corrected chi connectivity index (χ0v) is 19.7.